The van der Waals surface area contributed by atoms with Gasteiger partial charge in [-0.1, -0.05) is 138 Å². The molecule has 0 nitrogen and oxygen atoms in total. The molecule has 0 aromatic heterocycles. The molecule has 0 aliphatic rings. The summed E-state index contributed by atoms with van der Waals surface area (Å²) in [6, 6.07) is 36.1. The largest absolute Gasteiger partial charge is 1.00 e. The minimum atomic E-state index is -3.93. The normalized spacial score (nSPS) is 11.5. The van der Waals surface area contributed by atoms with Crippen molar-refractivity contribution in [2.24, 2.45) is 0 Å². The second kappa shape index (κ2) is 18.9. The van der Waals surface area contributed by atoms with Crippen LogP contribution in [-0.4, -0.2) is 11.6 Å². The molecule has 6 aromatic rings. The monoisotopic (exact) mass is 850 g/mol. The molecule has 6 rings (SSSR count). The number of aryl methyl sites for hydroxylation is 4. The van der Waals surface area contributed by atoms with E-state index in [1.807, 2.05) is 6.55 Å². The number of hydrogen-bond acceptors (Lipinski definition) is 0. The molecular weight excluding hydrogens is 800 g/mol. The van der Waals surface area contributed by atoms with E-state index >= 15 is 0 Å². The summed E-state index contributed by atoms with van der Waals surface area (Å²) in [6.07, 6.45) is -4.51. The molecule has 282 valence electrons. The first-order valence-electron chi connectivity index (χ1n) is 17.8. The topological polar surface area (TPSA) is 0 Å². The van der Waals surface area contributed by atoms with Crippen LogP contribution in [0.25, 0.3) is 43.8 Å². The van der Waals surface area contributed by atoms with Gasteiger partial charge in [0.25, 0.3) is 0 Å². The Kier molecular flexibility index (Phi) is 16.7. The fraction of sp³-hybridized carbons (Fsp3) is 0.348. The Morgan fingerprint density at radius 1 is 0.566 bits per heavy atom. The molecule has 0 aliphatic carbocycles. The molecule has 0 saturated carbocycles. The van der Waals surface area contributed by atoms with Crippen molar-refractivity contribution >= 4 is 27.0 Å². The van der Waals surface area contributed by atoms with Gasteiger partial charge in [0, 0.05) is 0 Å². The summed E-state index contributed by atoms with van der Waals surface area (Å²) in [7, 11) is 0. The van der Waals surface area contributed by atoms with Crippen molar-refractivity contribution < 1.29 is 61.3 Å². The second-order valence-electron chi connectivity index (χ2n) is 16.0. The van der Waals surface area contributed by atoms with Gasteiger partial charge < -0.3 is 24.8 Å². The van der Waals surface area contributed by atoms with Gasteiger partial charge in [-0.3, -0.25) is 0 Å². The van der Waals surface area contributed by atoms with Gasteiger partial charge in [-0.15, -0.1) is 69.1 Å². The SMILES string of the molecule is C[Si](=[Zr+2])CCC(F)(F)F.Cc1ccc(-c2cccc3[cH-]c(C(C)(C)C)c(C)c23)cc1.Cc1ccc(-c2cccc3[cH-]c(C(C)(C)C)c(C)c23)cc1.[Cl-].[Cl-]. The summed E-state index contributed by atoms with van der Waals surface area (Å²) in [5.41, 5.74) is 13.5. The molecule has 0 bridgehead atoms. The Morgan fingerprint density at radius 2 is 0.906 bits per heavy atom. The van der Waals surface area contributed by atoms with E-state index < -0.39 is 18.0 Å². The molecule has 6 aromatic carbocycles. The molecule has 7 heteroatoms. The van der Waals surface area contributed by atoms with E-state index in [9.17, 15) is 13.2 Å². The third-order valence-electron chi connectivity index (χ3n) is 9.48. The fourth-order valence-corrected chi connectivity index (χ4v) is 8.43. The van der Waals surface area contributed by atoms with Crippen molar-refractivity contribution in [1.29, 1.82) is 0 Å². The zero-order chi connectivity index (χ0) is 37.9. The van der Waals surface area contributed by atoms with Crippen molar-refractivity contribution in [1.82, 2.24) is 0 Å². The van der Waals surface area contributed by atoms with Crippen molar-refractivity contribution in [3.8, 4) is 22.3 Å². The first-order valence-corrected chi connectivity index (χ1v) is 23.7. The maximum atomic E-state index is 11.4. The Bertz CT molecular complexity index is 1970. The van der Waals surface area contributed by atoms with Crippen LogP contribution in [0.2, 0.25) is 12.6 Å². The van der Waals surface area contributed by atoms with Gasteiger partial charge in [-0.05, 0) is 35.8 Å². The van der Waals surface area contributed by atoms with Gasteiger partial charge in [0.1, 0.15) is 0 Å². The molecule has 0 saturated heterocycles. The molecular formula is C46H53Cl2F3SiZr-2. The van der Waals surface area contributed by atoms with Crippen molar-refractivity contribution in [3.63, 3.8) is 0 Å². The van der Waals surface area contributed by atoms with Crippen LogP contribution in [0.3, 0.4) is 0 Å². The number of halogens is 5. The third kappa shape index (κ3) is 12.3. The Balaban J connectivity index is 0.000000291. The van der Waals surface area contributed by atoms with Gasteiger partial charge in [0.05, 0.1) is 0 Å². The fourth-order valence-electron chi connectivity index (χ4n) is 6.85. The minimum Gasteiger partial charge on any atom is -1.00 e. The van der Waals surface area contributed by atoms with Crippen LogP contribution >= 0.6 is 0 Å². The third-order valence-corrected chi connectivity index (χ3v) is 12.3. The first kappa shape index (κ1) is 46.7. The van der Waals surface area contributed by atoms with Crippen molar-refractivity contribution in [3.05, 3.63) is 130 Å². The van der Waals surface area contributed by atoms with Crippen molar-refractivity contribution in [2.75, 3.05) is 0 Å². The number of hydrogen-bond donors (Lipinski definition) is 0. The van der Waals surface area contributed by atoms with E-state index in [-0.39, 0.29) is 35.6 Å². The minimum absolute atomic E-state index is 0. The Labute approximate surface area is 343 Å². The van der Waals surface area contributed by atoms with Crippen LogP contribution in [0.15, 0.2) is 97.1 Å². The van der Waals surface area contributed by atoms with E-state index in [1.165, 1.54) is 101 Å². The van der Waals surface area contributed by atoms with Crippen molar-refractivity contribution in [2.45, 2.75) is 105 Å². The summed E-state index contributed by atoms with van der Waals surface area (Å²) < 4.78 is 34.3. The molecule has 0 radical (unpaired) electrons. The number of benzene rings is 4. The van der Waals surface area contributed by atoms with Crippen LogP contribution in [0.5, 0.6) is 0 Å². The molecule has 0 spiro atoms. The van der Waals surface area contributed by atoms with Crippen LogP contribution < -0.4 is 24.8 Å². The molecule has 0 aliphatic heterocycles. The van der Waals surface area contributed by atoms with Gasteiger partial charge in [0.15, 0.2) is 0 Å². The molecule has 0 amide bonds. The van der Waals surface area contributed by atoms with E-state index in [0.29, 0.717) is 6.04 Å². The maximum Gasteiger partial charge on any atom is -0.0279 e. The zero-order valence-electron chi connectivity index (χ0n) is 33.0. The predicted octanol–water partition coefficient (Wildman–Crippen LogP) is 8.39. The van der Waals surface area contributed by atoms with E-state index in [0.717, 1.165) is 0 Å². The smallest absolute Gasteiger partial charge is 0.0279 e. The van der Waals surface area contributed by atoms with Crippen LogP contribution in [0, 0.1) is 27.7 Å². The first-order chi connectivity index (χ1) is 23.7. The summed E-state index contributed by atoms with van der Waals surface area (Å²) in [6.45, 7) is 24.5. The van der Waals surface area contributed by atoms with Gasteiger partial charge in [0.2, 0.25) is 0 Å². The summed E-state index contributed by atoms with van der Waals surface area (Å²) in [5, 5.41) is 5.53. The molecule has 0 atom stereocenters. The van der Waals surface area contributed by atoms with Gasteiger partial charge in [-0.2, -0.15) is 11.1 Å². The van der Waals surface area contributed by atoms with E-state index in [4.69, 9.17) is 0 Å². The predicted molar refractivity (Wildman–Crippen MR) is 213 cm³/mol. The van der Waals surface area contributed by atoms with Crippen LogP contribution in [0.4, 0.5) is 13.2 Å². The van der Waals surface area contributed by atoms with Crippen LogP contribution in [0.1, 0.15) is 81.3 Å². The Morgan fingerprint density at radius 3 is 1.17 bits per heavy atom. The molecule has 0 unspecified atom stereocenters. The number of alkyl halides is 3. The Hall–Kier alpha value is -2.43. The number of fused-ring (bicyclic) bond motifs is 2. The average Bonchev–Trinajstić information content (AvgIpc) is 3.58. The number of rotatable bonds is 4. The molecule has 53 heavy (non-hydrogen) atoms. The summed E-state index contributed by atoms with van der Waals surface area (Å²) in [5.74, 6) is 0. The molecule has 0 heterocycles. The average molecular weight is 853 g/mol. The summed E-state index contributed by atoms with van der Waals surface area (Å²) >= 11 is 1.29. The zero-order valence-corrected chi connectivity index (χ0v) is 38.0. The standard InChI is InChI=1S/2C21H23.C4H7F3Si.2ClH.Zr/c2*1-14-9-11-16(12-10-14)18-8-6-7-17-13-19(21(3,4)5)15(2)20(17)18;1-8-3-2-4(5,6)7;;;/h2*6-13H,1-5H3;2-3H2,1H3;2*1H;/q2*-1;;;;+2/p-2. The quantitative estimate of drug-likeness (QED) is 0.124. The second-order valence-corrected chi connectivity index (χ2v) is 24.4. The van der Waals surface area contributed by atoms with Gasteiger partial charge in [-0.25, -0.2) is 0 Å². The molecule has 0 N–H and O–H groups in total. The van der Waals surface area contributed by atoms with Gasteiger partial charge >= 0.3 is 67.1 Å². The maximum absolute atomic E-state index is 11.4. The molecule has 0 fully saturated rings. The van der Waals surface area contributed by atoms with E-state index in [1.54, 1.807) is 0 Å². The summed E-state index contributed by atoms with van der Waals surface area (Å²) in [4.78, 5) is 0. The van der Waals surface area contributed by atoms with E-state index in [2.05, 4.69) is 166 Å². The van der Waals surface area contributed by atoms with Crippen LogP contribution in [-0.2, 0) is 34.2 Å².